The Hall–Kier alpha value is -1.55. The Morgan fingerprint density at radius 2 is 2.25 bits per heavy atom. The van der Waals surface area contributed by atoms with Crippen molar-refractivity contribution in [2.24, 2.45) is 5.92 Å². The van der Waals surface area contributed by atoms with Crippen LogP contribution in [0.3, 0.4) is 0 Å². The molecule has 1 N–H and O–H groups in total. The summed E-state index contributed by atoms with van der Waals surface area (Å²) in [5.74, 6) is 0.0799. The molecular weight excluding hydrogens is 252 g/mol. The first-order valence-electron chi connectivity index (χ1n) is 7.28. The molecule has 2 atom stereocenters. The Kier molecular flexibility index (Phi) is 5.01. The zero-order chi connectivity index (χ0) is 14.5. The van der Waals surface area contributed by atoms with Gasteiger partial charge in [0.1, 0.15) is 0 Å². The quantitative estimate of drug-likeness (QED) is 0.854. The van der Waals surface area contributed by atoms with Crippen molar-refractivity contribution in [2.75, 3.05) is 38.7 Å². The lowest BCUT2D eigenvalue weighted by atomic mass is 9.81. The molecule has 0 radical (unpaired) electrons. The lowest BCUT2D eigenvalue weighted by molar-refractivity contribution is -0.149. The summed E-state index contributed by atoms with van der Waals surface area (Å²) in [6.45, 7) is 3.96. The second-order valence-electron chi connectivity index (χ2n) is 5.45. The molecule has 0 bridgehead atoms. The van der Waals surface area contributed by atoms with Gasteiger partial charge in [-0.05, 0) is 43.5 Å². The molecule has 1 heterocycles. The van der Waals surface area contributed by atoms with Gasteiger partial charge in [-0.1, -0.05) is 12.1 Å². The van der Waals surface area contributed by atoms with Crippen LogP contribution in [0.4, 0.5) is 5.69 Å². The Bertz CT molecular complexity index is 460. The molecule has 1 aromatic rings. The van der Waals surface area contributed by atoms with Gasteiger partial charge in [-0.15, -0.1) is 0 Å². The van der Waals surface area contributed by atoms with E-state index in [1.54, 1.807) is 0 Å². The molecule has 20 heavy (non-hydrogen) atoms. The Morgan fingerprint density at radius 1 is 1.45 bits per heavy atom. The molecule has 110 valence electrons. The van der Waals surface area contributed by atoms with Gasteiger partial charge in [0, 0.05) is 26.3 Å². The van der Waals surface area contributed by atoms with Gasteiger partial charge in [0.15, 0.2) is 0 Å². The smallest absolute Gasteiger partial charge is 0.310 e. The second kappa shape index (κ2) is 6.75. The van der Waals surface area contributed by atoms with Crippen LogP contribution in [0.2, 0.25) is 0 Å². The molecule has 2 rings (SSSR count). The summed E-state index contributed by atoms with van der Waals surface area (Å²) < 4.78 is 5.22. The summed E-state index contributed by atoms with van der Waals surface area (Å²) >= 11 is 0. The van der Waals surface area contributed by atoms with Gasteiger partial charge in [-0.3, -0.25) is 4.79 Å². The Balaban J connectivity index is 2.23. The highest BCUT2D eigenvalue weighted by Crippen LogP contribution is 2.32. The van der Waals surface area contributed by atoms with Gasteiger partial charge >= 0.3 is 5.97 Å². The summed E-state index contributed by atoms with van der Waals surface area (Å²) in [5.41, 5.74) is 2.40. The van der Waals surface area contributed by atoms with Crippen molar-refractivity contribution in [3.05, 3.63) is 29.8 Å². The number of ether oxygens (including phenoxy) is 1. The van der Waals surface area contributed by atoms with E-state index in [1.807, 2.05) is 21.0 Å². The Morgan fingerprint density at radius 3 is 2.95 bits per heavy atom. The normalized spacial score (nSPS) is 22.4. The summed E-state index contributed by atoms with van der Waals surface area (Å²) in [4.78, 5) is 14.2. The topological polar surface area (TPSA) is 41.6 Å². The maximum absolute atomic E-state index is 12.1. The van der Waals surface area contributed by atoms with E-state index in [0.29, 0.717) is 13.2 Å². The minimum absolute atomic E-state index is 0.0823. The van der Waals surface area contributed by atoms with Crippen LogP contribution in [0.5, 0.6) is 0 Å². The zero-order valence-electron chi connectivity index (χ0n) is 12.6. The first kappa shape index (κ1) is 14.9. The standard InChI is InChI=1S/C16H24N2O2/c1-4-20-16(19)15-11-17-9-8-14(15)12-6-5-7-13(10-12)18(2)3/h5-7,10,14-15,17H,4,8-9,11H2,1-3H3/t14-,15-/m0/s1. The molecule has 1 saturated heterocycles. The van der Waals surface area contributed by atoms with Gasteiger partial charge in [0.2, 0.25) is 0 Å². The van der Waals surface area contributed by atoms with E-state index in [4.69, 9.17) is 4.74 Å². The summed E-state index contributed by atoms with van der Waals surface area (Å²) in [5, 5.41) is 3.30. The van der Waals surface area contributed by atoms with Crippen LogP contribution in [0, 0.1) is 5.92 Å². The molecule has 0 unspecified atom stereocenters. The number of benzene rings is 1. The molecule has 4 nitrogen and oxygen atoms in total. The van der Waals surface area contributed by atoms with Crippen LogP contribution in [-0.2, 0) is 9.53 Å². The van der Waals surface area contributed by atoms with Crippen molar-refractivity contribution < 1.29 is 9.53 Å². The van der Waals surface area contributed by atoms with Gasteiger partial charge in [0.05, 0.1) is 12.5 Å². The maximum Gasteiger partial charge on any atom is 0.310 e. The van der Waals surface area contributed by atoms with E-state index in [2.05, 4.69) is 34.5 Å². The average Bonchev–Trinajstić information content (AvgIpc) is 2.47. The molecule has 1 aliphatic rings. The minimum Gasteiger partial charge on any atom is -0.466 e. The van der Waals surface area contributed by atoms with Crippen LogP contribution in [0.1, 0.15) is 24.8 Å². The van der Waals surface area contributed by atoms with Gasteiger partial charge < -0.3 is 15.0 Å². The lowest BCUT2D eigenvalue weighted by Crippen LogP contribution is -2.40. The fourth-order valence-corrected chi connectivity index (χ4v) is 2.79. The minimum atomic E-state index is -0.0834. The number of hydrogen-bond donors (Lipinski definition) is 1. The lowest BCUT2D eigenvalue weighted by Gasteiger charge is -2.31. The molecule has 0 aliphatic carbocycles. The van der Waals surface area contributed by atoms with E-state index in [9.17, 15) is 4.79 Å². The van der Waals surface area contributed by atoms with E-state index < -0.39 is 0 Å². The van der Waals surface area contributed by atoms with E-state index >= 15 is 0 Å². The van der Waals surface area contributed by atoms with Crippen LogP contribution < -0.4 is 10.2 Å². The molecule has 0 aromatic heterocycles. The molecular formula is C16H24N2O2. The summed E-state index contributed by atoms with van der Waals surface area (Å²) in [6.07, 6.45) is 0.973. The summed E-state index contributed by atoms with van der Waals surface area (Å²) in [7, 11) is 4.06. The van der Waals surface area contributed by atoms with Gasteiger partial charge in [-0.2, -0.15) is 0 Å². The first-order chi connectivity index (χ1) is 9.63. The van der Waals surface area contributed by atoms with Crippen molar-refractivity contribution >= 4 is 11.7 Å². The highest BCUT2D eigenvalue weighted by atomic mass is 16.5. The predicted octanol–water partition coefficient (Wildman–Crippen LogP) is 2.01. The number of carbonyl (C=O) groups excluding carboxylic acids is 1. The van der Waals surface area contributed by atoms with Crippen molar-refractivity contribution in [3.63, 3.8) is 0 Å². The monoisotopic (exact) mass is 276 g/mol. The van der Waals surface area contributed by atoms with E-state index in [0.717, 1.165) is 13.0 Å². The second-order valence-corrected chi connectivity index (χ2v) is 5.45. The third-order valence-electron chi connectivity index (χ3n) is 3.89. The SMILES string of the molecule is CCOC(=O)[C@H]1CNCC[C@H]1c1cccc(N(C)C)c1. The molecule has 0 saturated carbocycles. The largest absolute Gasteiger partial charge is 0.466 e. The van der Waals surface area contributed by atoms with Crippen molar-refractivity contribution in [3.8, 4) is 0 Å². The molecule has 4 heteroatoms. The third-order valence-corrected chi connectivity index (χ3v) is 3.89. The third kappa shape index (κ3) is 3.31. The van der Waals surface area contributed by atoms with Gasteiger partial charge in [-0.25, -0.2) is 0 Å². The van der Waals surface area contributed by atoms with Crippen molar-refractivity contribution in [1.82, 2.24) is 5.32 Å². The fourth-order valence-electron chi connectivity index (χ4n) is 2.79. The molecule has 1 aliphatic heterocycles. The van der Waals surface area contributed by atoms with Crippen molar-refractivity contribution in [2.45, 2.75) is 19.3 Å². The summed E-state index contributed by atoms with van der Waals surface area (Å²) in [6, 6.07) is 8.45. The van der Waals surface area contributed by atoms with Crippen LogP contribution >= 0.6 is 0 Å². The number of hydrogen-bond acceptors (Lipinski definition) is 4. The molecule has 1 aromatic carbocycles. The van der Waals surface area contributed by atoms with E-state index in [1.165, 1.54) is 11.3 Å². The number of esters is 1. The maximum atomic E-state index is 12.1. The van der Waals surface area contributed by atoms with Crippen molar-refractivity contribution in [1.29, 1.82) is 0 Å². The molecule has 0 spiro atoms. The number of anilines is 1. The predicted molar refractivity (Wildman–Crippen MR) is 81.1 cm³/mol. The average molecular weight is 276 g/mol. The van der Waals surface area contributed by atoms with E-state index in [-0.39, 0.29) is 17.8 Å². The highest BCUT2D eigenvalue weighted by Gasteiger charge is 2.33. The fraction of sp³-hybridized carbons (Fsp3) is 0.562. The highest BCUT2D eigenvalue weighted by molar-refractivity contribution is 5.74. The zero-order valence-corrected chi connectivity index (χ0v) is 12.6. The number of nitrogens with zero attached hydrogens (tertiary/aromatic N) is 1. The van der Waals surface area contributed by atoms with Crippen LogP contribution in [-0.4, -0.2) is 39.8 Å². The van der Waals surface area contributed by atoms with Gasteiger partial charge in [0.25, 0.3) is 0 Å². The first-order valence-corrected chi connectivity index (χ1v) is 7.28. The number of nitrogens with one attached hydrogen (secondary N) is 1. The molecule has 0 amide bonds. The van der Waals surface area contributed by atoms with Crippen LogP contribution in [0.25, 0.3) is 0 Å². The molecule has 1 fully saturated rings. The number of rotatable bonds is 4. The van der Waals surface area contributed by atoms with Crippen LogP contribution in [0.15, 0.2) is 24.3 Å². The number of piperidine rings is 1. The number of carbonyl (C=O) groups is 1. The Labute approximate surface area is 121 Å².